The van der Waals surface area contributed by atoms with Crippen LogP contribution in [0, 0.1) is 0 Å². The third kappa shape index (κ3) is 7.66. The highest BCUT2D eigenvalue weighted by molar-refractivity contribution is 6.23. The van der Waals surface area contributed by atoms with E-state index in [-0.39, 0.29) is 12.6 Å². The number of rotatable bonds is 5. The normalized spacial score (nSPS) is 11.5. The first-order valence-electron chi connectivity index (χ1n) is 4.72. The lowest BCUT2D eigenvalue weighted by molar-refractivity contribution is -0.142. The molecule has 15 heavy (non-hydrogen) atoms. The quantitative estimate of drug-likeness (QED) is 0.506. The molecule has 0 rings (SSSR count). The highest BCUT2D eigenvalue weighted by atomic mass is 16.5. The summed E-state index contributed by atoms with van der Waals surface area (Å²) in [5.41, 5.74) is -0.613. The van der Waals surface area contributed by atoms with Gasteiger partial charge in [-0.1, -0.05) is 0 Å². The van der Waals surface area contributed by atoms with Crippen LogP contribution in [0.2, 0.25) is 0 Å². The van der Waals surface area contributed by atoms with Crippen molar-refractivity contribution in [2.45, 2.75) is 33.2 Å². The van der Waals surface area contributed by atoms with Gasteiger partial charge < -0.3 is 9.47 Å². The minimum Gasteiger partial charge on any atom is -0.463 e. The maximum atomic E-state index is 10.9. The van der Waals surface area contributed by atoms with Crippen LogP contribution in [0.4, 0.5) is 0 Å². The van der Waals surface area contributed by atoms with Gasteiger partial charge in [-0.15, -0.1) is 0 Å². The Morgan fingerprint density at radius 3 is 2.40 bits per heavy atom. The van der Waals surface area contributed by atoms with Gasteiger partial charge in [-0.05, 0) is 20.8 Å². The molecule has 0 heterocycles. The SMILES string of the molecule is CCOC(=O)C=NC(C)(C)COC(C)=O. The Labute approximate surface area is 89.5 Å². The molecule has 5 heteroatoms. The van der Waals surface area contributed by atoms with Gasteiger partial charge in [0, 0.05) is 6.92 Å². The zero-order chi connectivity index (χ0) is 11.9. The molecule has 0 saturated heterocycles. The van der Waals surface area contributed by atoms with E-state index in [2.05, 4.69) is 9.73 Å². The largest absolute Gasteiger partial charge is 0.463 e. The van der Waals surface area contributed by atoms with Crippen LogP contribution in [0.1, 0.15) is 27.7 Å². The predicted octanol–water partition coefficient (Wildman–Crippen LogP) is 0.962. The van der Waals surface area contributed by atoms with Gasteiger partial charge in [0.2, 0.25) is 0 Å². The number of carbonyl (C=O) groups is 2. The van der Waals surface area contributed by atoms with Gasteiger partial charge in [0.15, 0.2) is 0 Å². The molecule has 0 N–H and O–H groups in total. The summed E-state index contributed by atoms with van der Waals surface area (Å²) in [6, 6.07) is 0. The minimum atomic E-state index is -0.613. The maximum absolute atomic E-state index is 10.9. The Morgan fingerprint density at radius 1 is 1.33 bits per heavy atom. The van der Waals surface area contributed by atoms with Crippen molar-refractivity contribution in [2.75, 3.05) is 13.2 Å². The van der Waals surface area contributed by atoms with Crippen LogP contribution in [0.5, 0.6) is 0 Å². The summed E-state index contributed by atoms with van der Waals surface area (Å²) >= 11 is 0. The second kappa shape index (κ2) is 6.16. The van der Waals surface area contributed by atoms with Crippen molar-refractivity contribution >= 4 is 18.2 Å². The van der Waals surface area contributed by atoms with Gasteiger partial charge in [-0.25, -0.2) is 4.79 Å². The summed E-state index contributed by atoms with van der Waals surface area (Å²) in [4.78, 5) is 25.5. The van der Waals surface area contributed by atoms with E-state index in [9.17, 15) is 9.59 Å². The first-order valence-corrected chi connectivity index (χ1v) is 4.72. The second-order valence-corrected chi connectivity index (χ2v) is 3.60. The van der Waals surface area contributed by atoms with E-state index in [0.29, 0.717) is 6.61 Å². The van der Waals surface area contributed by atoms with Gasteiger partial charge in [0.05, 0.1) is 12.1 Å². The molecule has 0 bridgehead atoms. The molecular weight excluding hydrogens is 198 g/mol. The third-order valence-corrected chi connectivity index (χ3v) is 1.43. The van der Waals surface area contributed by atoms with Gasteiger partial charge in [0.1, 0.15) is 12.8 Å². The molecule has 0 amide bonds. The molecule has 0 aromatic heterocycles. The van der Waals surface area contributed by atoms with Crippen LogP contribution in [-0.4, -0.2) is 36.9 Å². The summed E-state index contributed by atoms with van der Waals surface area (Å²) in [7, 11) is 0. The summed E-state index contributed by atoms with van der Waals surface area (Å²) in [5.74, 6) is -0.859. The summed E-state index contributed by atoms with van der Waals surface area (Å²) in [6.07, 6.45) is 1.10. The number of aliphatic imine (C=N–C) groups is 1. The molecule has 0 unspecified atom stereocenters. The van der Waals surface area contributed by atoms with E-state index in [1.54, 1.807) is 20.8 Å². The van der Waals surface area contributed by atoms with Crippen LogP contribution >= 0.6 is 0 Å². The monoisotopic (exact) mass is 215 g/mol. The van der Waals surface area contributed by atoms with Crippen LogP contribution in [0.15, 0.2) is 4.99 Å². The topological polar surface area (TPSA) is 65.0 Å². The number of hydrogen-bond acceptors (Lipinski definition) is 5. The van der Waals surface area contributed by atoms with Gasteiger partial charge >= 0.3 is 11.9 Å². The predicted molar refractivity (Wildman–Crippen MR) is 55.8 cm³/mol. The molecule has 0 aromatic rings. The fraction of sp³-hybridized carbons (Fsp3) is 0.700. The fourth-order valence-corrected chi connectivity index (χ4v) is 0.722. The summed E-state index contributed by atoms with van der Waals surface area (Å²) < 4.78 is 9.46. The van der Waals surface area contributed by atoms with E-state index in [1.807, 2.05) is 0 Å². The molecule has 0 aromatic carbocycles. The standard InChI is InChI=1S/C10H17NO4/c1-5-14-9(13)6-11-10(3,4)7-15-8(2)12/h6H,5,7H2,1-4H3. The van der Waals surface area contributed by atoms with Crippen LogP contribution in [0.3, 0.4) is 0 Å². The van der Waals surface area contributed by atoms with E-state index >= 15 is 0 Å². The van der Waals surface area contributed by atoms with Crippen LogP contribution in [-0.2, 0) is 19.1 Å². The molecule has 5 nitrogen and oxygen atoms in total. The lowest BCUT2D eigenvalue weighted by Crippen LogP contribution is -2.26. The molecule has 0 aliphatic rings. The maximum Gasteiger partial charge on any atom is 0.348 e. The Bertz CT molecular complexity index is 258. The van der Waals surface area contributed by atoms with E-state index in [4.69, 9.17) is 4.74 Å². The van der Waals surface area contributed by atoms with Crippen molar-refractivity contribution in [1.29, 1.82) is 0 Å². The van der Waals surface area contributed by atoms with Gasteiger partial charge in [-0.3, -0.25) is 9.79 Å². The third-order valence-electron chi connectivity index (χ3n) is 1.43. The second-order valence-electron chi connectivity index (χ2n) is 3.60. The van der Waals surface area contributed by atoms with Crippen molar-refractivity contribution < 1.29 is 19.1 Å². The average Bonchev–Trinajstić information content (AvgIpc) is 2.13. The molecule has 0 spiro atoms. The summed E-state index contributed by atoms with van der Waals surface area (Å²) in [5, 5.41) is 0. The highest BCUT2D eigenvalue weighted by Crippen LogP contribution is 2.08. The molecule has 0 saturated carbocycles. The number of esters is 2. The molecule has 0 atom stereocenters. The van der Waals surface area contributed by atoms with Crippen LogP contribution < -0.4 is 0 Å². The number of nitrogens with zero attached hydrogens (tertiary/aromatic N) is 1. The van der Waals surface area contributed by atoms with Crippen molar-refractivity contribution in [2.24, 2.45) is 4.99 Å². The molecule has 0 aliphatic carbocycles. The zero-order valence-corrected chi connectivity index (χ0v) is 9.57. The first-order chi connectivity index (χ1) is 6.87. The van der Waals surface area contributed by atoms with Gasteiger partial charge in [-0.2, -0.15) is 0 Å². The van der Waals surface area contributed by atoms with E-state index in [1.165, 1.54) is 6.92 Å². The van der Waals surface area contributed by atoms with E-state index < -0.39 is 11.5 Å². The minimum absolute atomic E-state index is 0.137. The van der Waals surface area contributed by atoms with Crippen molar-refractivity contribution in [3.63, 3.8) is 0 Å². The molecule has 0 fully saturated rings. The zero-order valence-electron chi connectivity index (χ0n) is 9.57. The Hall–Kier alpha value is -1.39. The molecule has 0 aliphatic heterocycles. The van der Waals surface area contributed by atoms with E-state index in [0.717, 1.165) is 6.21 Å². The number of ether oxygens (including phenoxy) is 2. The van der Waals surface area contributed by atoms with Gasteiger partial charge in [0.25, 0.3) is 0 Å². The molecule has 86 valence electrons. The number of carbonyl (C=O) groups excluding carboxylic acids is 2. The first kappa shape index (κ1) is 13.6. The highest BCUT2D eigenvalue weighted by Gasteiger charge is 2.17. The average molecular weight is 215 g/mol. The smallest absolute Gasteiger partial charge is 0.348 e. The lowest BCUT2D eigenvalue weighted by Gasteiger charge is -2.18. The number of hydrogen-bond donors (Lipinski definition) is 0. The van der Waals surface area contributed by atoms with Crippen molar-refractivity contribution in [1.82, 2.24) is 0 Å². The molecular formula is C10H17NO4. The Balaban J connectivity index is 4.11. The Kier molecular flexibility index (Phi) is 5.59. The van der Waals surface area contributed by atoms with Crippen molar-refractivity contribution in [3.8, 4) is 0 Å². The summed E-state index contributed by atoms with van der Waals surface area (Å²) in [6.45, 7) is 7.01. The Morgan fingerprint density at radius 2 is 1.93 bits per heavy atom. The van der Waals surface area contributed by atoms with Crippen molar-refractivity contribution in [3.05, 3.63) is 0 Å². The fourth-order valence-electron chi connectivity index (χ4n) is 0.722. The van der Waals surface area contributed by atoms with Crippen LogP contribution in [0.25, 0.3) is 0 Å². The molecule has 0 radical (unpaired) electrons. The lowest BCUT2D eigenvalue weighted by atomic mass is 10.1.